The lowest BCUT2D eigenvalue weighted by Gasteiger charge is -2.09. The predicted molar refractivity (Wildman–Crippen MR) is 74.3 cm³/mol. The highest BCUT2D eigenvalue weighted by Crippen LogP contribution is 2.19. The molecule has 0 saturated heterocycles. The van der Waals surface area contributed by atoms with Gasteiger partial charge in [0.2, 0.25) is 0 Å². The van der Waals surface area contributed by atoms with E-state index in [4.69, 9.17) is 0 Å². The fraction of sp³-hybridized carbons (Fsp3) is 0.267. The van der Waals surface area contributed by atoms with Crippen LogP contribution in [-0.4, -0.2) is 24.4 Å². The zero-order valence-corrected chi connectivity index (χ0v) is 11.4. The number of nitrogens with zero attached hydrogens (tertiary/aromatic N) is 2. The molecule has 0 aliphatic heterocycles. The second-order valence-electron chi connectivity index (χ2n) is 4.79. The lowest BCUT2D eigenvalue weighted by Crippen LogP contribution is -2.07. The maximum absolute atomic E-state index is 12.9. The second kappa shape index (κ2) is 5.26. The van der Waals surface area contributed by atoms with Crippen LogP contribution in [0.2, 0.25) is 0 Å². The van der Waals surface area contributed by atoms with Crippen LogP contribution >= 0.6 is 0 Å². The van der Waals surface area contributed by atoms with Gasteiger partial charge in [-0.1, -0.05) is 12.1 Å². The summed E-state index contributed by atoms with van der Waals surface area (Å²) >= 11 is 0. The third kappa shape index (κ3) is 3.02. The monoisotopic (exact) mass is 260 g/mol. The molecule has 3 nitrogen and oxygen atoms in total. The number of hydrogen-bond donors (Lipinski definition) is 0. The van der Waals surface area contributed by atoms with Crippen LogP contribution in [0.5, 0.6) is 0 Å². The minimum absolute atomic E-state index is 0.0233. The van der Waals surface area contributed by atoms with Crippen molar-refractivity contribution in [1.82, 2.24) is 4.57 Å². The predicted octanol–water partition coefficient (Wildman–Crippen LogP) is 2.94. The van der Waals surface area contributed by atoms with Crippen molar-refractivity contribution in [2.75, 3.05) is 19.0 Å². The number of anilines is 1. The Morgan fingerprint density at radius 2 is 1.89 bits per heavy atom. The van der Waals surface area contributed by atoms with Crippen molar-refractivity contribution in [3.05, 3.63) is 53.6 Å². The number of carbonyl (C=O) groups is 1. The topological polar surface area (TPSA) is 25.2 Å². The summed E-state index contributed by atoms with van der Waals surface area (Å²) in [7, 11) is 3.86. The van der Waals surface area contributed by atoms with E-state index in [1.807, 2.05) is 35.8 Å². The van der Waals surface area contributed by atoms with E-state index in [1.54, 1.807) is 19.1 Å². The van der Waals surface area contributed by atoms with Gasteiger partial charge >= 0.3 is 0 Å². The molecule has 0 bridgehead atoms. The average molecular weight is 260 g/mol. The standard InChI is InChI=1S/C15H17FN2O/c1-11(19)15-8-14(17(2)3)10-18(15)9-12-4-6-13(16)7-5-12/h4-8,10H,9H2,1-3H3. The molecule has 0 saturated carbocycles. The van der Waals surface area contributed by atoms with Gasteiger partial charge in [0, 0.05) is 33.8 Å². The first-order valence-corrected chi connectivity index (χ1v) is 6.10. The van der Waals surface area contributed by atoms with E-state index in [-0.39, 0.29) is 11.6 Å². The van der Waals surface area contributed by atoms with Crippen LogP contribution in [-0.2, 0) is 6.54 Å². The molecule has 0 fully saturated rings. The molecule has 2 aromatic rings. The van der Waals surface area contributed by atoms with Gasteiger partial charge in [-0.15, -0.1) is 0 Å². The number of rotatable bonds is 4. The van der Waals surface area contributed by atoms with Crippen molar-refractivity contribution < 1.29 is 9.18 Å². The van der Waals surface area contributed by atoms with E-state index in [0.29, 0.717) is 12.2 Å². The van der Waals surface area contributed by atoms with Crippen LogP contribution < -0.4 is 4.90 Å². The molecule has 0 radical (unpaired) electrons. The van der Waals surface area contributed by atoms with E-state index in [0.717, 1.165) is 11.3 Å². The van der Waals surface area contributed by atoms with Crippen molar-refractivity contribution in [2.24, 2.45) is 0 Å². The summed E-state index contributed by atoms with van der Waals surface area (Å²) in [6, 6.07) is 8.19. The molecule has 1 aromatic carbocycles. The van der Waals surface area contributed by atoms with Crippen molar-refractivity contribution in [1.29, 1.82) is 0 Å². The highest BCUT2D eigenvalue weighted by Gasteiger charge is 2.11. The molecule has 0 spiro atoms. The van der Waals surface area contributed by atoms with Crippen molar-refractivity contribution in [3.63, 3.8) is 0 Å². The van der Waals surface area contributed by atoms with Gasteiger partial charge in [-0.05, 0) is 23.8 Å². The molecular weight excluding hydrogens is 243 g/mol. The third-order valence-electron chi connectivity index (χ3n) is 3.03. The molecule has 2 rings (SSSR count). The summed E-state index contributed by atoms with van der Waals surface area (Å²) < 4.78 is 14.8. The summed E-state index contributed by atoms with van der Waals surface area (Å²) in [5.74, 6) is -0.229. The van der Waals surface area contributed by atoms with Crippen LogP contribution in [0.4, 0.5) is 10.1 Å². The Bertz CT molecular complexity index is 585. The quantitative estimate of drug-likeness (QED) is 0.790. The maximum atomic E-state index is 12.9. The Morgan fingerprint density at radius 3 is 2.42 bits per heavy atom. The summed E-state index contributed by atoms with van der Waals surface area (Å²) in [6.07, 6.45) is 1.93. The van der Waals surface area contributed by atoms with Crippen LogP contribution in [0.25, 0.3) is 0 Å². The molecule has 19 heavy (non-hydrogen) atoms. The van der Waals surface area contributed by atoms with Gasteiger partial charge in [-0.3, -0.25) is 4.79 Å². The summed E-state index contributed by atoms with van der Waals surface area (Å²) in [6.45, 7) is 2.11. The summed E-state index contributed by atoms with van der Waals surface area (Å²) in [4.78, 5) is 13.6. The number of hydrogen-bond acceptors (Lipinski definition) is 2. The molecule has 100 valence electrons. The lowest BCUT2D eigenvalue weighted by molar-refractivity contribution is 0.100. The van der Waals surface area contributed by atoms with Gasteiger partial charge < -0.3 is 9.47 Å². The number of benzene rings is 1. The first-order valence-electron chi connectivity index (χ1n) is 6.10. The smallest absolute Gasteiger partial charge is 0.176 e. The Hall–Kier alpha value is -2.10. The Morgan fingerprint density at radius 1 is 1.26 bits per heavy atom. The van der Waals surface area contributed by atoms with Crippen LogP contribution in [0.1, 0.15) is 23.0 Å². The normalized spacial score (nSPS) is 10.5. The SMILES string of the molecule is CC(=O)c1cc(N(C)C)cn1Cc1ccc(F)cc1. The van der Waals surface area contributed by atoms with Gasteiger partial charge in [-0.25, -0.2) is 4.39 Å². The first kappa shape index (κ1) is 13.3. The molecule has 0 amide bonds. The van der Waals surface area contributed by atoms with Crippen LogP contribution in [0, 0.1) is 5.82 Å². The molecule has 0 N–H and O–H groups in total. The number of ketones is 1. The fourth-order valence-electron chi connectivity index (χ4n) is 1.96. The Kier molecular flexibility index (Phi) is 3.69. The number of halogens is 1. The van der Waals surface area contributed by atoms with Crippen molar-refractivity contribution in [3.8, 4) is 0 Å². The van der Waals surface area contributed by atoms with Gasteiger partial charge in [0.05, 0.1) is 11.4 Å². The van der Waals surface area contributed by atoms with E-state index < -0.39 is 0 Å². The van der Waals surface area contributed by atoms with Gasteiger partial charge in [0.15, 0.2) is 5.78 Å². The zero-order valence-electron chi connectivity index (χ0n) is 11.4. The van der Waals surface area contributed by atoms with E-state index in [9.17, 15) is 9.18 Å². The van der Waals surface area contributed by atoms with E-state index in [2.05, 4.69) is 0 Å². The highest BCUT2D eigenvalue weighted by atomic mass is 19.1. The Balaban J connectivity index is 2.33. The molecular formula is C15H17FN2O. The van der Waals surface area contributed by atoms with Gasteiger partial charge in [0.25, 0.3) is 0 Å². The second-order valence-corrected chi connectivity index (χ2v) is 4.79. The summed E-state index contributed by atoms with van der Waals surface area (Å²) in [5, 5.41) is 0. The molecule has 0 unspecified atom stereocenters. The number of aromatic nitrogens is 1. The van der Waals surface area contributed by atoms with E-state index in [1.165, 1.54) is 12.1 Å². The van der Waals surface area contributed by atoms with Crippen LogP contribution in [0.15, 0.2) is 36.5 Å². The molecule has 4 heteroatoms. The molecule has 0 atom stereocenters. The van der Waals surface area contributed by atoms with Crippen LogP contribution in [0.3, 0.4) is 0 Å². The lowest BCUT2D eigenvalue weighted by atomic mass is 10.2. The average Bonchev–Trinajstić information content (AvgIpc) is 2.76. The third-order valence-corrected chi connectivity index (χ3v) is 3.03. The maximum Gasteiger partial charge on any atom is 0.176 e. The van der Waals surface area contributed by atoms with E-state index >= 15 is 0 Å². The number of Topliss-reactive ketones (excluding diaryl/α,β-unsaturated/α-hetero) is 1. The minimum atomic E-state index is -0.253. The Labute approximate surface area is 112 Å². The minimum Gasteiger partial charge on any atom is -0.376 e. The van der Waals surface area contributed by atoms with Crippen molar-refractivity contribution in [2.45, 2.75) is 13.5 Å². The highest BCUT2D eigenvalue weighted by molar-refractivity contribution is 5.93. The van der Waals surface area contributed by atoms with Gasteiger partial charge in [0.1, 0.15) is 5.82 Å². The summed E-state index contributed by atoms with van der Waals surface area (Å²) in [5.41, 5.74) is 2.60. The van der Waals surface area contributed by atoms with Crippen molar-refractivity contribution >= 4 is 11.5 Å². The largest absolute Gasteiger partial charge is 0.376 e. The molecule has 1 aromatic heterocycles. The fourth-order valence-corrected chi connectivity index (χ4v) is 1.96. The number of carbonyl (C=O) groups excluding carboxylic acids is 1. The first-order chi connectivity index (χ1) is 8.97. The molecule has 0 aliphatic carbocycles. The molecule has 0 aliphatic rings. The molecule has 1 heterocycles. The van der Waals surface area contributed by atoms with Gasteiger partial charge in [-0.2, -0.15) is 0 Å². The zero-order chi connectivity index (χ0) is 14.0.